The van der Waals surface area contributed by atoms with E-state index in [0.29, 0.717) is 40.2 Å². The molecule has 0 aromatic heterocycles. The average Bonchev–Trinajstić information content (AvgIpc) is 3.59. The molecule has 0 unspecified atom stereocenters. The molecule has 2 aromatic carbocycles. The molecule has 0 radical (unpaired) electrons. The lowest BCUT2D eigenvalue weighted by atomic mass is 10.1. The zero-order valence-corrected chi connectivity index (χ0v) is 17.9. The number of rotatable bonds is 8. The quantitative estimate of drug-likeness (QED) is 0.635. The molecule has 2 amide bonds. The number of halogens is 1. The zero-order chi connectivity index (χ0) is 22.0. The molecular formula is C23H23ClN2O5. The minimum Gasteiger partial charge on any atom is -0.485 e. The second kappa shape index (κ2) is 8.98. The minimum atomic E-state index is -0.327. The number of Topliss-reactive ketones (excluding diaryl/α,β-unsaturated/α-hetero) is 1. The molecule has 4 rings (SSSR count). The largest absolute Gasteiger partial charge is 0.485 e. The topological polar surface area (TPSA) is 84.9 Å². The van der Waals surface area contributed by atoms with Crippen LogP contribution in [-0.4, -0.2) is 43.9 Å². The van der Waals surface area contributed by atoms with Gasteiger partial charge in [-0.25, -0.2) is 0 Å². The fourth-order valence-corrected chi connectivity index (χ4v) is 3.39. The summed E-state index contributed by atoms with van der Waals surface area (Å²) in [6.07, 6.45) is 2.26. The second-order valence-electron chi connectivity index (χ2n) is 7.82. The number of nitrogens with one attached hydrogen (secondary N) is 1. The molecule has 0 atom stereocenters. The lowest BCUT2D eigenvalue weighted by Gasteiger charge is -2.29. The van der Waals surface area contributed by atoms with Crippen molar-refractivity contribution >= 4 is 34.9 Å². The number of hydrogen-bond acceptors (Lipinski definition) is 5. The van der Waals surface area contributed by atoms with Gasteiger partial charge in [-0.2, -0.15) is 0 Å². The number of hydrogen-bond donors (Lipinski definition) is 1. The van der Waals surface area contributed by atoms with E-state index < -0.39 is 0 Å². The van der Waals surface area contributed by atoms with Crippen molar-refractivity contribution in [2.45, 2.75) is 19.8 Å². The number of ketones is 1. The van der Waals surface area contributed by atoms with Crippen LogP contribution in [0, 0.1) is 12.8 Å². The number of amides is 2. The highest BCUT2D eigenvalue weighted by atomic mass is 35.5. The number of fused-ring (bicyclic) bond motifs is 1. The van der Waals surface area contributed by atoms with Gasteiger partial charge >= 0.3 is 0 Å². The van der Waals surface area contributed by atoms with Crippen LogP contribution in [0.1, 0.15) is 28.8 Å². The molecule has 2 aromatic rings. The molecule has 0 spiro atoms. The Morgan fingerprint density at radius 3 is 2.77 bits per heavy atom. The van der Waals surface area contributed by atoms with Crippen LogP contribution in [0.25, 0.3) is 0 Å². The average molecular weight is 443 g/mol. The smallest absolute Gasteiger partial charge is 0.265 e. The fourth-order valence-electron chi connectivity index (χ4n) is 3.27. The summed E-state index contributed by atoms with van der Waals surface area (Å²) in [5, 5.41) is 3.48. The Morgan fingerprint density at radius 2 is 2.03 bits per heavy atom. The number of benzene rings is 2. The van der Waals surface area contributed by atoms with Gasteiger partial charge in [0.15, 0.2) is 19.0 Å². The molecule has 1 N–H and O–H groups in total. The van der Waals surface area contributed by atoms with E-state index in [1.807, 2.05) is 6.92 Å². The van der Waals surface area contributed by atoms with E-state index in [4.69, 9.17) is 21.1 Å². The van der Waals surface area contributed by atoms with Gasteiger partial charge in [-0.1, -0.05) is 11.6 Å². The van der Waals surface area contributed by atoms with Gasteiger partial charge in [0.25, 0.3) is 5.91 Å². The predicted molar refractivity (Wildman–Crippen MR) is 116 cm³/mol. The lowest BCUT2D eigenvalue weighted by Crippen LogP contribution is -2.45. The third-order valence-corrected chi connectivity index (χ3v) is 5.73. The van der Waals surface area contributed by atoms with Crippen molar-refractivity contribution in [1.29, 1.82) is 0 Å². The van der Waals surface area contributed by atoms with Crippen molar-refractivity contribution in [3.05, 3.63) is 52.5 Å². The van der Waals surface area contributed by atoms with E-state index in [9.17, 15) is 14.4 Å². The molecule has 1 heterocycles. The molecule has 1 aliphatic carbocycles. The maximum absolute atomic E-state index is 12.7. The molecule has 7 nitrogen and oxygen atoms in total. The van der Waals surface area contributed by atoms with Crippen LogP contribution in [0.4, 0.5) is 5.69 Å². The zero-order valence-electron chi connectivity index (χ0n) is 17.2. The monoisotopic (exact) mass is 442 g/mol. The van der Waals surface area contributed by atoms with Gasteiger partial charge in [-0.3, -0.25) is 19.3 Å². The Kier molecular flexibility index (Phi) is 6.13. The van der Waals surface area contributed by atoms with E-state index in [1.165, 1.54) is 4.90 Å². The number of anilines is 1. The Bertz CT molecular complexity index is 1030. The number of ether oxygens (including phenoxy) is 2. The summed E-state index contributed by atoms with van der Waals surface area (Å²) < 4.78 is 11.1. The van der Waals surface area contributed by atoms with Crippen molar-refractivity contribution in [3.8, 4) is 11.5 Å². The number of carbonyl (C=O) groups is 3. The van der Waals surface area contributed by atoms with Crippen LogP contribution in [0.3, 0.4) is 0 Å². The Morgan fingerprint density at radius 1 is 1.23 bits per heavy atom. The number of carbonyl (C=O) groups excluding carboxylic acids is 3. The van der Waals surface area contributed by atoms with Crippen molar-refractivity contribution in [2.24, 2.45) is 5.92 Å². The second-order valence-corrected chi connectivity index (χ2v) is 8.23. The van der Waals surface area contributed by atoms with E-state index in [0.717, 1.165) is 18.4 Å². The van der Waals surface area contributed by atoms with Gasteiger partial charge in [0.2, 0.25) is 5.91 Å². The summed E-state index contributed by atoms with van der Waals surface area (Å²) in [4.78, 5) is 38.7. The maximum Gasteiger partial charge on any atom is 0.265 e. The van der Waals surface area contributed by atoms with Crippen LogP contribution >= 0.6 is 11.6 Å². The normalized spacial score (nSPS) is 15.2. The molecular weight excluding hydrogens is 420 g/mol. The molecule has 1 saturated carbocycles. The number of nitrogens with zero attached hydrogens (tertiary/aromatic N) is 1. The molecule has 8 heteroatoms. The standard InChI is InChI=1S/C23H23ClN2O5/c1-14-8-17(5-6-18(14)24)30-12-20(27)16-4-7-21-19(9-16)26(23(29)13-31-21)11-22(28)25-10-15-2-3-15/h4-9,15H,2-3,10-13H2,1H3,(H,25,28). The molecule has 0 saturated heterocycles. The molecule has 2 aliphatic rings. The van der Waals surface area contributed by atoms with Crippen molar-refractivity contribution < 1.29 is 23.9 Å². The first kappa shape index (κ1) is 21.2. The van der Waals surface area contributed by atoms with Gasteiger partial charge in [0.05, 0.1) is 5.69 Å². The van der Waals surface area contributed by atoms with Crippen LogP contribution in [0.15, 0.2) is 36.4 Å². The van der Waals surface area contributed by atoms with Gasteiger partial charge < -0.3 is 14.8 Å². The Balaban J connectivity index is 1.45. The fraction of sp³-hybridized carbons (Fsp3) is 0.348. The van der Waals surface area contributed by atoms with Crippen LogP contribution in [0.5, 0.6) is 11.5 Å². The minimum absolute atomic E-state index is 0.111. The molecule has 31 heavy (non-hydrogen) atoms. The van der Waals surface area contributed by atoms with Gasteiger partial charge in [0.1, 0.15) is 18.0 Å². The third-order valence-electron chi connectivity index (χ3n) is 5.31. The van der Waals surface area contributed by atoms with Crippen LogP contribution < -0.4 is 19.7 Å². The first-order valence-electron chi connectivity index (χ1n) is 10.2. The van der Waals surface area contributed by atoms with Crippen molar-refractivity contribution in [3.63, 3.8) is 0 Å². The summed E-state index contributed by atoms with van der Waals surface area (Å²) >= 11 is 6.01. The van der Waals surface area contributed by atoms with E-state index >= 15 is 0 Å². The van der Waals surface area contributed by atoms with Gasteiger partial charge in [-0.15, -0.1) is 0 Å². The third kappa shape index (κ3) is 5.17. The highest BCUT2D eigenvalue weighted by molar-refractivity contribution is 6.31. The van der Waals surface area contributed by atoms with Crippen molar-refractivity contribution in [1.82, 2.24) is 5.32 Å². The molecule has 0 bridgehead atoms. The van der Waals surface area contributed by atoms with Gasteiger partial charge in [0, 0.05) is 17.1 Å². The summed E-state index contributed by atoms with van der Waals surface area (Å²) in [7, 11) is 0. The summed E-state index contributed by atoms with van der Waals surface area (Å²) in [6, 6.07) is 10.0. The maximum atomic E-state index is 12.7. The molecule has 162 valence electrons. The number of aryl methyl sites for hydroxylation is 1. The Hall–Kier alpha value is -3.06. The molecule has 1 aliphatic heterocycles. The van der Waals surface area contributed by atoms with Gasteiger partial charge in [-0.05, 0) is 67.6 Å². The summed E-state index contributed by atoms with van der Waals surface area (Å²) in [6.45, 7) is 2.06. The molecule has 1 fully saturated rings. The highest BCUT2D eigenvalue weighted by Crippen LogP contribution is 2.33. The van der Waals surface area contributed by atoms with E-state index in [-0.39, 0.29) is 37.4 Å². The van der Waals surface area contributed by atoms with Crippen LogP contribution in [0.2, 0.25) is 5.02 Å². The first-order chi connectivity index (χ1) is 14.9. The lowest BCUT2D eigenvalue weighted by molar-refractivity contribution is -0.125. The first-order valence-corrected chi connectivity index (χ1v) is 10.5. The van der Waals surface area contributed by atoms with Crippen LogP contribution in [-0.2, 0) is 9.59 Å². The van der Waals surface area contributed by atoms with E-state index in [1.54, 1.807) is 36.4 Å². The van der Waals surface area contributed by atoms with E-state index in [2.05, 4.69) is 5.32 Å². The summed E-state index contributed by atoms with van der Waals surface area (Å²) in [5.41, 5.74) is 1.63. The SMILES string of the molecule is Cc1cc(OCC(=O)c2ccc3c(c2)N(CC(=O)NCC2CC2)C(=O)CO3)ccc1Cl. The van der Waals surface area contributed by atoms with Crippen molar-refractivity contribution in [2.75, 3.05) is 31.2 Å². The Labute approximate surface area is 185 Å². The summed E-state index contributed by atoms with van der Waals surface area (Å²) in [5.74, 6) is 0.732. The predicted octanol–water partition coefficient (Wildman–Crippen LogP) is 3.16. The highest BCUT2D eigenvalue weighted by Gasteiger charge is 2.29.